The van der Waals surface area contributed by atoms with Crippen molar-refractivity contribution in [3.05, 3.63) is 47.5 Å². The molecule has 0 aromatic heterocycles. The van der Waals surface area contributed by atoms with Gasteiger partial charge in [-0.2, -0.15) is 8.61 Å². The third-order valence-electron chi connectivity index (χ3n) is 6.71. The Kier molecular flexibility index (Phi) is 8.48. The maximum atomic E-state index is 13.5. The monoisotopic (exact) mass is 574 g/mol. The Morgan fingerprint density at radius 2 is 1.03 bits per heavy atom. The summed E-state index contributed by atoms with van der Waals surface area (Å²) in [5.74, 6) is 0. The molecule has 8 nitrogen and oxygen atoms in total. The van der Waals surface area contributed by atoms with Crippen LogP contribution in [0.25, 0.3) is 0 Å². The third-order valence-corrected chi connectivity index (χ3v) is 12.7. The van der Waals surface area contributed by atoms with Crippen molar-refractivity contribution in [1.29, 1.82) is 0 Å². The van der Waals surface area contributed by atoms with Crippen molar-refractivity contribution in [2.45, 2.75) is 70.9 Å². The molecule has 198 valence electrons. The first kappa shape index (κ1) is 27.5. The zero-order valence-corrected chi connectivity index (χ0v) is 23.2. The average Bonchev–Trinajstić information content (AvgIpc) is 3.31. The molecule has 0 radical (unpaired) electrons. The summed E-state index contributed by atoms with van der Waals surface area (Å²) >= 11 is 6.24. The quantitative estimate of drug-likeness (QED) is 0.509. The summed E-state index contributed by atoms with van der Waals surface area (Å²) in [7, 11) is -12.1. The van der Waals surface area contributed by atoms with Crippen LogP contribution in [0.1, 0.15) is 51.4 Å². The van der Waals surface area contributed by atoms with E-state index in [0.29, 0.717) is 26.2 Å². The molecule has 12 heteroatoms. The molecule has 2 saturated heterocycles. The predicted molar refractivity (Wildman–Crippen MR) is 138 cm³/mol. The fourth-order valence-electron chi connectivity index (χ4n) is 4.64. The summed E-state index contributed by atoms with van der Waals surface area (Å²) in [5, 5.41) is -0.0595. The summed E-state index contributed by atoms with van der Waals surface area (Å²) < 4.78 is 82.9. The molecule has 0 unspecified atom stereocenters. The molecular formula is C24H31ClN2O6S3. The first-order chi connectivity index (χ1) is 17.0. The molecule has 2 aliphatic rings. The number of rotatable bonds is 6. The molecule has 0 spiro atoms. The number of nitrogens with zero attached hydrogens (tertiary/aromatic N) is 2. The van der Waals surface area contributed by atoms with Crippen LogP contribution in [0, 0.1) is 0 Å². The summed E-state index contributed by atoms with van der Waals surface area (Å²) in [6, 6.07) is 8.82. The van der Waals surface area contributed by atoms with E-state index in [9.17, 15) is 25.3 Å². The second-order valence-electron chi connectivity index (χ2n) is 9.21. The molecule has 2 aromatic rings. The summed E-state index contributed by atoms with van der Waals surface area (Å²) in [6.07, 6.45) is 6.77. The SMILES string of the molecule is O=S(=O)(c1cccc(S(=O)(=O)N2CCCCCC2)c1)c1ccc(Cl)c(S(=O)(=O)N2CCCCCC2)c1. The lowest BCUT2D eigenvalue weighted by Gasteiger charge is -2.21. The molecule has 0 amide bonds. The van der Waals surface area contributed by atoms with E-state index in [-0.39, 0.29) is 24.6 Å². The van der Waals surface area contributed by atoms with Gasteiger partial charge in [0.1, 0.15) is 4.90 Å². The summed E-state index contributed by atoms with van der Waals surface area (Å²) in [6.45, 7) is 1.50. The van der Waals surface area contributed by atoms with Crippen LogP contribution < -0.4 is 0 Å². The molecule has 0 N–H and O–H groups in total. The standard InChI is InChI=1S/C24H31ClN2O6S3/c25-23-13-12-21(19-24(23)36(32,33)27-16-7-3-4-8-17-27)34(28,29)20-10-9-11-22(18-20)35(30,31)26-14-5-1-2-6-15-26/h9-13,18-19H,1-8,14-17H2. The first-order valence-electron chi connectivity index (χ1n) is 12.2. The van der Waals surface area contributed by atoms with E-state index in [1.165, 1.54) is 38.9 Å². The lowest BCUT2D eigenvalue weighted by atomic mass is 10.2. The highest BCUT2D eigenvalue weighted by Gasteiger charge is 2.31. The van der Waals surface area contributed by atoms with Crippen LogP contribution in [-0.4, -0.2) is 60.0 Å². The molecule has 2 aromatic carbocycles. The number of hydrogen-bond acceptors (Lipinski definition) is 6. The van der Waals surface area contributed by atoms with Crippen molar-refractivity contribution < 1.29 is 25.3 Å². The van der Waals surface area contributed by atoms with Crippen molar-refractivity contribution in [1.82, 2.24) is 8.61 Å². The first-order valence-corrected chi connectivity index (χ1v) is 16.9. The van der Waals surface area contributed by atoms with E-state index in [1.54, 1.807) is 0 Å². The molecule has 36 heavy (non-hydrogen) atoms. The minimum absolute atomic E-state index is 0.0595. The van der Waals surface area contributed by atoms with Gasteiger partial charge in [-0.05, 0) is 62.1 Å². The lowest BCUT2D eigenvalue weighted by molar-refractivity contribution is 0.423. The Hall–Kier alpha value is -1.50. The maximum absolute atomic E-state index is 13.5. The Bertz CT molecular complexity index is 1410. The Morgan fingerprint density at radius 1 is 0.556 bits per heavy atom. The molecule has 2 heterocycles. The normalized spacial score (nSPS) is 19.5. The number of sulfone groups is 1. The van der Waals surface area contributed by atoms with E-state index in [1.807, 2.05) is 0 Å². The molecule has 0 atom stereocenters. The van der Waals surface area contributed by atoms with Crippen LogP contribution in [0.5, 0.6) is 0 Å². The van der Waals surface area contributed by atoms with Crippen molar-refractivity contribution >= 4 is 41.5 Å². The van der Waals surface area contributed by atoms with Gasteiger partial charge in [0.15, 0.2) is 0 Å². The highest BCUT2D eigenvalue weighted by molar-refractivity contribution is 7.92. The van der Waals surface area contributed by atoms with E-state index in [4.69, 9.17) is 11.6 Å². The van der Waals surface area contributed by atoms with Crippen LogP contribution in [0.4, 0.5) is 0 Å². The average molecular weight is 575 g/mol. The Morgan fingerprint density at radius 3 is 1.58 bits per heavy atom. The highest BCUT2D eigenvalue weighted by atomic mass is 35.5. The molecule has 2 aliphatic heterocycles. The second kappa shape index (κ2) is 11.1. The van der Waals surface area contributed by atoms with E-state index in [0.717, 1.165) is 63.5 Å². The van der Waals surface area contributed by atoms with Crippen LogP contribution in [0.3, 0.4) is 0 Å². The minimum Gasteiger partial charge on any atom is -0.219 e. The van der Waals surface area contributed by atoms with Crippen molar-refractivity contribution in [3.8, 4) is 0 Å². The molecule has 2 fully saturated rings. The van der Waals surface area contributed by atoms with Gasteiger partial charge in [-0.3, -0.25) is 0 Å². The summed E-state index contributed by atoms with van der Waals surface area (Å²) in [4.78, 5) is -0.846. The highest BCUT2D eigenvalue weighted by Crippen LogP contribution is 2.32. The van der Waals surface area contributed by atoms with Crippen LogP contribution in [0.2, 0.25) is 5.02 Å². The topological polar surface area (TPSA) is 109 Å². The van der Waals surface area contributed by atoms with Gasteiger partial charge in [0, 0.05) is 26.2 Å². The van der Waals surface area contributed by atoms with Crippen molar-refractivity contribution in [3.63, 3.8) is 0 Å². The van der Waals surface area contributed by atoms with Crippen LogP contribution in [0.15, 0.2) is 62.0 Å². The zero-order valence-electron chi connectivity index (χ0n) is 20.0. The van der Waals surface area contributed by atoms with Gasteiger partial charge >= 0.3 is 0 Å². The van der Waals surface area contributed by atoms with Gasteiger partial charge in [-0.25, -0.2) is 25.3 Å². The van der Waals surface area contributed by atoms with Gasteiger partial charge in [-0.15, -0.1) is 0 Å². The van der Waals surface area contributed by atoms with Gasteiger partial charge in [0.2, 0.25) is 29.9 Å². The van der Waals surface area contributed by atoms with Crippen LogP contribution >= 0.6 is 11.6 Å². The van der Waals surface area contributed by atoms with Gasteiger partial charge in [0.05, 0.1) is 19.7 Å². The number of benzene rings is 2. The largest absolute Gasteiger partial charge is 0.244 e. The lowest BCUT2D eigenvalue weighted by Crippen LogP contribution is -2.32. The zero-order chi connectivity index (χ0) is 26.0. The Labute approximate surface area is 219 Å². The van der Waals surface area contributed by atoms with Gasteiger partial charge in [-0.1, -0.05) is 43.4 Å². The number of sulfonamides is 2. The fraction of sp³-hybridized carbons (Fsp3) is 0.500. The number of halogens is 1. The van der Waals surface area contributed by atoms with E-state index in [2.05, 4.69) is 0 Å². The maximum Gasteiger partial charge on any atom is 0.244 e. The molecule has 4 rings (SSSR count). The van der Waals surface area contributed by atoms with E-state index < -0.39 is 29.9 Å². The molecule has 0 aliphatic carbocycles. The predicted octanol–water partition coefficient (Wildman–Crippen LogP) is 4.30. The van der Waals surface area contributed by atoms with Gasteiger partial charge in [0.25, 0.3) is 0 Å². The molecular weight excluding hydrogens is 544 g/mol. The van der Waals surface area contributed by atoms with Gasteiger partial charge < -0.3 is 0 Å². The number of hydrogen-bond donors (Lipinski definition) is 0. The summed E-state index contributed by atoms with van der Waals surface area (Å²) in [5.41, 5.74) is 0. The van der Waals surface area contributed by atoms with Crippen LogP contribution in [-0.2, 0) is 29.9 Å². The molecule has 0 saturated carbocycles. The van der Waals surface area contributed by atoms with Crippen molar-refractivity contribution in [2.24, 2.45) is 0 Å². The molecule has 0 bridgehead atoms. The smallest absolute Gasteiger partial charge is 0.219 e. The van der Waals surface area contributed by atoms with Crippen molar-refractivity contribution in [2.75, 3.05) is 26.2 Å². The third kappa shape index (κ3) is 5.66. The van der Waals surface area contributed by atoms with E-state index >= 15 is 0 Å². The second-order valence-corrected chi connectivity index (χ2v) is 15.4. The Balaban J connectivity index is 1.70. The minimum atomic E-state index is -4.22. The fourth-order valence-corrected chi connectivity index (χ4v) is 9.70.